The molecule has 0 bridgehead atoms. The molecular weight excluding hydrogens is 184 g/mol. The molecule has 0 fully saturated rings. The van der Waals surface area contributed by atoms with Crippen LogP contribution in [0, 0.1) is 0 Å². The molecule has 0 saturated heterocycles. The molecule has 0 aliphatic heterocycles. The molecule has 5 nitrogen and oxygen atoms in total. The van der Waals surface area contributed by atoms with E-state index in [-0.39, 0.29) is 11.9 Å². The maximum Gasteiger partial charge on any atom is 0.329 e. The summed E-state index contributed by atoms with van der Waals surface area (Å²) in [5, 5.41) is 14.1. The van der Waals surface area contributed by atoms with E-state index >= 15 is 0 Å². The summed E-state index contributed by atoms with van der Waals surface area (Å²) >= 11 is 0. The van der Waals surface area contributed by atoms with Crippen LogP contribution in [-0.4, -0.2) is 35.6 Å². The van der Waals surface area contributed by atoms with Crippen molar-refractivity contribution in [2.75, 3.05) is 7.05 Å². The van der Waals surface area contributed by atoms with Crippen molar-refractivity contribution in [2.45, 2.75) is 38.8 Å². The van der Waals surface area contributed by atoms with E-state index in [1.807, 2.05) is 0 Å². The van der Waals surface area contributed by atoms with Gasteiger partial charge in [0.2, 0.25) is 5.91 Å². The largest absolute Gasteiger partial charge is 0.480 e. The molecule has 0 saturated carbocycles. The fourth-order valence-electron chi connectivity index (χ4n) is 0.804. The van der Waals surface area contributed by atoms with Crippen LogP contribution in [0.25, 0.3) is 0 Å². The van der Waals surface area contributed by atoms with Gasteiger partial charge in [-0.15, -0.1) is 0 Å². The minimum Gasteiger partial charge on any atom is -0.480 e. The first-order chi connectivity index (χ1) is 6.37. The number of hydrogen-bond donors (Lipinski definition) is 3. The Morgan fingerprint density at radius 3 is 2.29 bits per heavy atom. The van der Waals surface area contributed by atoms with Gasteiger partial charge in [0.25, 0.3) is 0 Å². The third-order valence-corrected chi connectivity index (χ3v) is 2.40. The Labute approximate surface area is 83.9 Å². The molecule has 2 atom stereocenters. The van der Waals surface area contributed by atoms with E-state index in [2.05, 4.69) is 10.6 Å². The summed E-state index contributed by atoms with van der Waals surface area (Å²) in [6.45, 7) is 4.89. The molecule has 0 heterocycles. The lowest BCUT2D eigenvalue weighted by atomic mass is 9.99. The minimum absolute atomic E-state index is 0.306. The van der Waals surface area contributed by atoms with E-state index in [4.69, 9.17) is 5.11 Å². The minimum atomic E-state index is -1.18. The van der Waals surface area contributed by atoms with Gasteiger partial charge in [0.15, 0.2) is 0 Å². The fourth-order valence-corrected chi connectivity index (χ4v) is 0.804. The molecule has 14 heavy (non-hydrogen) atoms. The fraction of sp³-hybridized carbons (Fsp3) is 0.778. The smallest absolute Gasteiger partial charge is 0.329 e. The molecule has 0 aliphatic rings. The topological polar surface area (TPSA) is 78.4 Å². The van der Waals surface area contributed by atoms with E-state index in [0.29, 0.717) is 6.42 Å². The first-order valence-electron chi connectivity index (χ1n) is 4.60. The van der Waals surface area contributed by atoms with Crippen LogP contribution >= 0.6 is 0 Å². The maximum atomic E-state index is 11.4. The number of hydrogen-bond acceptors (Lipinski definition) is 3. The molecule has 1 amide bonds. The second-order valence-electron chi connectivity index (χ2n) is 3.49. The first-order valence-corrected chi connectivity index (χ1v) is 4.60. The zero-order valence-corrected chi connectivity index (χ0v) is 9.05. The lowest BCUT2D eigenvalue weighted by Crippen LogP contribution is -2.55. The molecule has 3 N–H and O–H groups in total. The van der Waals surface area contributed by atoms with Gasteiger partial charge in [-0.25, -0.2) is 4.79 Å². The summed E-state index contributed by atoms with van der Waals surface area (Å²) in [5.41, 5.74) is -1.18. The summed E-state index contributed by atoms with van der Waals surface area (Å²) in [6, 6.07) is -0.389. The molecule has 0 aliphatic carbocycles. The average molecular weight is 202 g/mol. The second-order valence-corrected chi connectivity index (χ2v) is 3.49. The normalized spacial score (nSPS) is 16.9. The summed E-state index contributed by atoms with van der Waals surface area (Å²) in [7, 11) is 1.65. The van der Waals surface area contributed by atoms with E-state index in [1.165, 1.54) is 6.92 Å². The summed E-state index contributed by atoms with van der Waals surface area (Å²) in [5.74, 6) is -1.32. The predicted octanol–water partition coefficient (Wildman–Crippen LogP) is -0.0362. The Morgan fingerprint density at radius 1 is 1.50 bits per heavy atom. The van der Waals surface area contributed by atoms with Gasteiger partial charge in [0.05, 0.1) is 6.04 Å². The predicted molar refractivity (Wildman–Crippen MR) is 53.0 cm³/mol. The van der Waals surface area contributed by atoms with Crippen LogP contribution in [0.15, 0.2) is 0 Å². The number of carboxylic acid groups (broad SMARTS) is 1. The van der Waals surface area contributed by atoms with Crippen molar-refractivity contribution < 1.29 is 14.7 Å². The van der Waals surface area contributed by atoms with Crippen LogP contribution < -0.4 is 10.6 Å². The number of rotatable bonds is 5. The van der Waals surface area contributed by atoms with Crippen LogP contribution in [0.1, 0.15) is 27.2 Å². The van der Waals surface area contributed by atoms with Crippen LogP contribution in [0.2, 0.25) is 0 Å². The SMILES string of the molecule is CCC(C)(NC(=O)C(C)NC)C(=O)O. The molecule has 82 valence electrons. The number of carbonyl (C=O) groups is 2. The zero-order chi connectivity index (χ0) is 11.4. The van der Waals surface area contributed by atoms with Crippen LogP contribution in [0.4, 0.5) is 0 Å². The summed E-state index contributed by atoms with van der Waals surface area (Å²) in [4.78, 5) is 22.3. The third kappa shape index (κ3) is 2.99. The van der Waals surface area contributed by atoms with Crippen molar-refractivity contribution in [3.8, 4) is 0 Å². The molecule has 2 unspecified atom stereocenters. The number of carboxylic acids is 1. The average Bonchev–Trinajstić information content (AvgIpc) is 2.15. The molecule has 5 heteroatoms. The van der Waals surface area contributed by atoms with Gasteiger partial charge in [0, 0.05) is 0 Å². The van der Waals surface area contributed by atoms with Gasteiger partial charge in [-0.1, -0.05) is 6.92 Å². The van der Waals surface area contributed by atoms with E-state index in [9.17, 15) is 9.59 Å². The maximum absolute atomic E-state index is 11.4. The van der Waals surface area contributed by atoms with Crippen molar-refractivity contribution in [1.29, 1.82) is 0 Å². The van der Waals surface area contributed by atoms with E-state index < -0.39 is 11.5 Å². The molecular formula is C9H18N2O3. The molecule has 0 aromatic carbocycles. The van der Waals surface area contributed by atoms with Gasteiger partial charge in [0.1, 0.15) is 5.54 Å². The highest BCUT2D eigenvalue weighted by Crippen LogP contribution is 2.09. The van der Waals surface area contributed by atoms with Gasteiger partial charge >= 0.3 is 5.97 Å². The first kappa shape index (κ1) is 12.9. The molecule has 0 spiro atoms. The molecule has 0 aromatic heterocycles. The second kappa shape index (κ2) is 4.95. The van der Waals surface area contributed by atoms with Gasteiger partial charge in [-0.3, -0.25) is 4.79 Å². The lowest BCUT2D eigenvalue weighted by molar-refractivity contribution is -0.147. The zero-order valence-electron chi connectivity index (χ0n) is 9.05. The summed E-state index contributed by atoms with van der Waals surface area (Å²) < 4.78 is 0. The van der Waals surface area contributed by atoms with Crippen molar-refractivity contribution in [3.05, 3.63) is 0 Å². The van der Waals surface area contributed by atoms with Gasteiger partial charge in [-0.05, 0) is 27.3 Å². The number of amides is 1. The monoisotopic (exact) mass is 202 g/mol. The van der Waals surface area contributed by atoms with Crippen molar-refractivity contribution >= 4 is 11.9 Å². The summed E-state index contributed by atoms with van der Waals surface area (Å²) in [6.07, 6.45) is 0.352. The van der Waals surface area contributed by atoms with Crippen LogP contribution in [0.5, 0.6) is 0 Å². The Morgan fingerprint density at radius 2 is 2.00 bits per heavy atom. The Kier molecular flexibility index (Phi) is 4.56. The number of carbonyl (C=O) groups excluding carboxylic acids is 1. The third-order valence-electron chi connectivity index (χ3n) is 2.40. The Bertz CT molecular complexity index is 230. The molecule has 0 rings (SSSR count). The molecule has 0 aromatic rings. The van der Waals surface area contributed by atoms with Crippen LogP contribution in [0.3, 0.4) is 0 Å². The van der Waals surface area contributed by atoms with E-state index in [1.54, 1.807) is 20.9 Å². The van der Waals surface area contributed by atoms with Crippen molar-refractivity contribution in [3.63, 3.8) is 0 Å². The number of nitrogens with one attached hydrogen (secondary N) is 2. The highest BCUT2D eigenvalue weighted by molar-refractivity contribution is 5.89. The Balaban J connectivity index is 4.47. The quantitative estimate of drug-likeness (QED) is 0.584. The standard InChI is InChI=1S/C9H18N2O3/c1-5-9(3,8(13)14)11-7(12)6(2)10-4/h6,10H,5H2,1-4H3,(H,11,12)(H,13,14). The highest BCUT2D eigenvalue weighted by Gasteiger charge is 2.33. The van der Waals surface area contributed by atoms with E-state index in [0.717, 1.165) is 0 Å². The highest BCUT2D eigenvalue weighted by atomic mass is 16.4. The number of aliphatic carboxylic acids is 1. The van der Waals surface area contributed by atoms with Crippen LogP contribution in [-0.2, 0) is 9.59 Å². The van der Waals surface area contributed by atoms with Gasteiger partial charge in [-0.2, -0.15) is 0 Å². The van der Waals surface area contributed by atoms with Gasteiger partial charge < -0.3 is 15.7 Å². The Hall–Kier alpha value is -1.10. The van der Waals surface area contributed by atoms with Crippen molar-refractivity contribution in [1.82, 2.24) is 10.6 Å². The molecule has 0 radical (unpaired) electrons. The lowest BCUT2D eigenvalue weighted by Gasteiger charge is -2.26. The number of likely N-dealkylation sites (N-methyl/N-ethyl adjacent to an activating group) is 1. The van der Waals surface area contributed by atoms with Crippen molar-refractivity contribution in [2.24, 2.45) is 0 Å².